The van der Waals surface area contributed by atoms with Crippen molar-refractivity contribution in [2.75, 3.05) is 32.4 Å². The molecule has 0 radical (unpaired) electrons. The summed E-state index contributed by atoms with van der Waals surface area (Å²) in [5.74, 6) is -0.164. The fourth-order valence-electron chi connectivity index (χ4n) is 3.93. The molecule has 1 amide bonds. The zero-order chi connectivity index (χ0) is 25.4. The molecule has 1 aromatic heterocycles. The first-order valence-corrected chi connectivity index (χ1v) is 11.6. The van der Waals surface area contributed by atoms with Crippen LogP contribution in [0.1, 0.15) is 39.7 Å². The Labute approximate surface area is 206 Å². The quantitative estimate of drug-likeness (QED) is 0.224. The highest BCUT2D eigenvalue weighted by atomic mass is 16.1. The third-order valence-electron chi connectivity index (χ3n) is 6.11. The minimum atomic E-state index is -0.164. The molecule has 3 rings (SSSR count). The third-order valence-corrected chi connectivity index (χ3v) is 6.11. The van der Waals surface area contributed by atoms with E-state index in [4.69, 9.17) is 5.73 Å². The summed E-state index contributed by atoms with van der Waals surface area (Å²) in [4.78, 5) is 41.1. The number of likely N-dealkylation sites (N-methyl/N-ethyl adjacent to an activating group) is 1. The number of amides is 1. The highest BCUT2D eigenvalue weighted by Crippen LogP contribution is 2.34. The van der Waals surface area contributed by atoms with Crippen molar-refractivity contribution in [3.63, 3.8) is 0 Å². The smallest absolute Gasteiger partial charge is 0.253 e. The van der Waals surface area contributed by atoms with Gasteiger partial charge < -0.3 is 25.7 Å². The minimum Gasteiger partial charge on any atom is -0.398 e. The van der Waals surface area contributed by atoms with Gasteiger partial charge in [0.2, 0.25) is 0 Å². The van der Waals surface area contributed by atoms with Gasteiger partial charge in [0.05, 0.1) is 5.56 Å². The van der Waals surface area contributed by atoms with E-state index in [-0.39, 0.29) is 5.91 Å². The Morgan fingerprint density at radius 1 is 1.17 bits per heavy atom. The van der Waals surface area contributed by atoms with Crippen molar-refractivity contribution in [2.45, 2.75) is 20.3 Å². The fourth-order valence-corrected chi connectivity index (χ4v) is 3.93. The monoisotopic (exact) mass is 472 g/mol. The van der Waals surface area contributed by atoms with Crippen molar-refractivity contribution in [1.82, 2.24) is 15.2 Å². The van der Waals surface area contributed by atoms with Gasteiger partial charge in [-0.15, -0.1) is 0 Å². The van der Waals surface area contributed by atoms with Crippen LogP contribution in [0.25, 0.3) is 22.8 Å². The standard InChI is InChI=1S/C28H32N4O3/c1-4-32(3)13-12-30-28(35)24-17-31-26(19(24)2)16-22(18-34)27-23(9-6-10-25(27)29)21-8-5-7-20(15-21)11-14-33/h5-10,14-18,31H,4,11-13,29H2,1-3H3,(H,30,35)/b22-16+. The van der Waals surface area contributed by atoms with E-state index >= 15 is 0 Å². The number of carbonyl (C=O) groups is 3. The lowest BCUT2D eigenvalue weighted by Crippen LogP contribution is -2.33. The van der Waals surface area contributed by atoms with Crippen LogP contribution in [0.5, 0.6) is 0 Å². The SMILES string of the molecule is CCN(C)CCNC(=O)c1c[nH]c(/C=C(\C=O)c2c(N)cccc2-c2cccc(CC=O)c2)c1C. The molecule has 7 heteroatoms. The Balaban J connectivity index is 1.96. The number of nitrogen functional groups attached to an aromatic ring is 1. The van der Waals surface area contributed by atoms with Crippen LogP contribution < -0.4 is 11.1 Å². The van der Waals surface area contributed by atoms with Gasteiger partial charge in [0.1, 0.15) is 6.29 Å². The zero-order valence-electron chi connectivity index (χ0n) is 20.4. The maximum absolute atomic E-state index is 12.7. The van der Waals surface area contributed by atoms with Crippen LogP contribution >= 0.6 is 0 Å². The van der Waals surface area contributed by atoms with Crippen LogP contribution in [0, 0.1) is 6.92 Å². The van der Waals surface area contributed by atoms with Gasteiger partial charge in [-0.05, 0) is 54.9 Å². The summed E-state index contributed by atoms with van der Waals surface area (Å²) < 4.78 is 0. The molecule has 7 nitrogen and oxygen atoms in total. The van der Waals surface area contributed by atoms with E-state index in [1.165, 1.54) is 0 Å². The summed E-state index contributed by atoms with van der Waals surface area (Å²) in [6.45, 7) is 6.13. The van der Waals surface area contributed by atoms with Gasteiger partial charge in [0.25, 0.3) is 5.91 Å². The second-order valence-electron chi connectivity index (χ2n) is 8.45. The summed E-state index contributed by atoms with van der Waals surface area (Å²) in [5, 5.41) is 2.94. The molecule has 0 saturated carbocycles. The lowest BCUT2D eigenvalue weighted by molar-refractivity contribution is -0.107. The van der Waals surface area contributed by atoms with Crippen molar-refractivity contribution in [3.05, 3.63) is 76.6 Å². The Hall–Kier alpha value is -3.97. The molecule has 0 atom stereocenters. The molecule has 0 saturated heterocycles. The van der Waals surface area contributed by atoms with Crippen LogP contribution in [0.4, 0.5) is 5.69 Å². The largest absolute Gasteiger partial charge is 0.398 e. The maximum Gasteiger partial charge on any atom is 0.253 e. The Bertz CT molecular complexity index is 1240. The molecule has 35 heavy (non-hydrogen) atoms. The van der Waals surface area contributed by atoms with Gasteiger partial charge in [-0.1, -0.05) is 43.3 Å². The Morgan fingerprint density at radius 3 is 2.66 bits per heavy atom. The van der Waals surface area contributed by atoms with Gasteiger partial charge in [0.15, 0.2) is 6.29 Å². The van der Waals surface area contributed by atoms with Crippen molar-refractivity contribution in [3.8, 4) is 11.1 Å². The number of aromatic nitrogens is 1. The van der Waals surface area contributed by atoms with E-state index < -0.39 is 0 Å². The number of aromatic amines is 1. The van der Waals surface area contributed by atoms with E-state index in [9.17, 15) is 14.4 Å². The topological polar surface area (TPSA) is 108 Å². The average Bonchev–Trinajstić information content (AvgIpc) is 3.22. The molecule has 0 bridgehead atoms. The first-order valence-electron chi connectivity index (χ1n) is 11.6. The van der Waals surface area contributed by atoms with Crippen LogP contribution in [0.15, 0.2) is 48.7 Å². The highest BCUT2D eigenvalue weighted by Gasteiger charge is 2.17. The molecule has 0 fully saturated rings. The van der Waals surface area contributed by atoms with E-state index in [1.807, 2.05) is 50.4 Å². The predicted octanol–water partition coefficient (Wildman–Crippen LogP) is 3.73. The number of aldehydes is 2. The van der Waals surface area contributed by atoms with E-state index in [0.717, 1.165) is 47.9 Å². The van der Waals surface area contributed by atoms with Crippen LogP contribution in [-0.4, -0.2) is 55.0 Å². The van der Waals surface area contributed by atoms with Crippen molar-refractivity contribution < 1.29 is 14.4 Å². The van der Waals surface area contributed by atoms with Crippen LogP contribution in [-0.2, 0) is 16.0 Å². The summed E-state index contributed by atoms with van der Waals surface area (Å²) in [6, 6.07) is 13.1. The summed E-state index contributed by atoms with van der Waals surface area (Å²) in [6.07, 6.45) is 5.31. The summed E-state index contributed by atoms with van der Waals surface area (Å²) in [7, 11) is 2.00. The van der Waals surface area contributed by atoms with Gasteiger partial charge in [-0.3, -0.25) is 9.59 Å². The Kier molecular flexibility index (Phi) is 8.75. The molecular weight excluding hydrogens is 440 g/mol. The second-order valence-corrected chi connectivity index (χ2v) is 8.45. The van der Waals surface area contributed by atoms with E-state index in [0.29, 0.717) is 41.0 Å². The summed E-state index contributed by atoms with van der Waals surface area (Å²) >= 11 is 0. The number of nitrogens with one attached hydrogen (secondary N) is 2. The van der Waals surface area contributed by atoms with Crippen molar-refractivity contribution in [1.29, 1.82) is 0 Å². The van der Waals surface area contributed by atoms with Gasteiger partial charge in [-0.25, -0.2) is 0 Å². The van der Waals surface area contributed by atoms with Gasteiger partial charge >= 0.3 is 0 Å². The number of hydrogen-bond acceptors (Lipinski definition) is 5. The molecule has 182 valence electrons. The van der Waals surface area contributed by atoms with E-state index in [2.05, 4.69) is 22.1 Å². The number of carbonyl (C=O) groups excluding carboxylic acids is 3. The number of rotatable bonds is 11. The Morgan fingerprint density at radius 2 is 1.94 bits per heavy atom. The zero-order valence-corrected chi connectivity index (χ0v) is 20.4. The number of nitrogens with two attached hydrogens (primary N) is 1. The number of anilines is 1. The summed E-state index contributed by atoms with van der Waals surface area (Å²) in [5.41, 5.74) is 12.3. The molecule has 0 spiro atoms. The molecule has 4 N–H and O–H groups in total. The molecule has 3 aromatic rings. The lowest BCUT2D eigenvalue weighted by atomic mass is 9.91. The third kappa shape index (κ3) is 6.13. The number of nitrogens with zero attached hydrogens (tertiary/aromatic N) is 1. The maximum atomic E-state index is 12.7. The molecule has 2 aromatic carbocycles. The van der Waals surface area contributed by atoms with Gasteiger partial charge in [-0.2, -0.15) is 0 Å². The van der Waals surface area contributed by atoms with Crippen molar-refractivity contribution in [2.24, 2.45) is 0 Å². The highest BCUT2D eigenvalue weighted by molar-refractivity contribution is 6.17. The van der Waals surface area contributed by atoms with Crippen LogP contribution in [0.3, 0.4) is 0 Å². The van der Waals surface area contributed by atoms with Crippen molar-refractivity contribution >= 4 is 35.8 Å². The molecule has 0 aliphatic rings. The second kappa shape index (κ2) is 11.9. The first kappa shape index (κ1) is 25.6. The molecule has 1 heterocycles. The first-order chi connectivity index (χ1) is 16.9. The lowest BCUT2D eigenvalue weighted by Gasteiger charge is -2.14. The number of hydrogen-bond donors (Lipinski definition) is 3. The molecular formula is C28H32N4O3. The average molecular weight is 473 g/mol. The normalized spacial score (nSPS) is 11.5. The minimum absolute atomic E-state index is 0.164. The molecule has 0 aliphatic carbocycles. The number of H-pyrrole nitrogens is 1. The van der Waals surface area contributed by atoms with Gasteiger partial charge in [0, 0.05) is 48.2 Å². The number of allylic oxidation sites excluding steroid dienone is 1. The van der Waals surface area contributed by atoms with Crippen LogP contribution in [0.2, 0.25) is 0 Å². The number of benzene rings is 2. The fraction of sp³-hybridized carbons (Fsp3) is 0.250. The predicted molar refractivity (Wildman–Crippen MR) is 141 cm³/mol. The van der Waals surface area contributed by atoms with E-state index in [1.54, 1.807) is 18.3 Å². The molecule has 0 aliphatic heterocycles. The molecule has 0 unspecified atom stereocenters.